The number of Topliss-reactive ketones (excluding diaryl/α,β-unsaturated/α-hetero) is 1. The normalized spacial score (nSPS) is 15.4. The largest absolute Gasteiger partial charge is 0.354 e. The standard InChI is InChI=1S/C12H6Cl2N2O2S.C5H11NO/c13-5-1-7-10(15-3-5)9(12(18)16-7)11(17)8-2-6(14)4-19-8;1-5(2,3)6-4-7/h1-4,9H,(H,16,18);4H,1-3H3,(H,6,7). The third-order valence-electron chi connectivity index (χ3n) is 3.24. The van der Waals surface area contributed by atoms with Gasteiger partial charge in [-0.2, -0.15) is 0 Å². The molecule has 0 aliphatic carbocycles. The van der Waals surface area contributed by atoms with Crippen LogP contribution in [0.15, 0.2) is 23.7 Å². The highest BCUT2D eigenvalue weighted by atomic mass is 35.5. The van der Waals surface area contributed by atoms with E-state index in [1.54, 1.807) is 17.5 Å². The van der Waals surface area contributed by atoms with E-state index in [0.717, 1.165) is 0 Å². The van der Waals surface area contributed by atoms with Crippen molar-refractivity contribution in [3.8, 4) is 0 Å². The summed E-state index contributed by atoms with van der Waals surface area (Å²) in [6, 6.07) is 3.13. The number of rotatable bonds is 3. The van der Waals surface area contributed by atoms with Gasteiger partial charge >= 0.3 is 0 Å². The van der Waals surface area contributed by atoms with Gasteiger partial charge in [0.2, 0.25) is 12.3 Å². The number of amides is 2. The van der Waals surface area contributed by atoms with Gasteiger partial charge in [0, 0.05) is 17.1 Å². The summed E-state index contributed by atoms with van der Waals surface area (Å²) in [6.07, 6.45) is 2.13. The van der Waals surface area contributed by atoms with Crippen LogP contribution >= 0.6 is 34.5 Å². The maximum Gasteiger partial charge on any atom is 0.241 e. The van der Waals surface area contributed by atoms with E-state index in [1.807, 2.05) is 20.8 Å². The van der Waals surface area contributed by atoms with E-state index >= 15 is 0 Å². The second-order valence-electron chi connectivity index (χ2n) is 6.51. The third kappa shape index (κ3) is 5.03. The quantitative estimate of drug-likeness (QED) is 0.453. The van der Waals surface area contributed by atoms with Crippen molar-refractivity contribution in [1.82, 2.24) is 10.3 Å². The van der Waals surface area contributed by atoms with Crippen LogP contribution in [-0.2, 0) is 9.59 Å². The van der Waals surface area contributed by atoms with E-state index < -0.39 is 5.92 Å². The van der Waals surface area contributed by atoms with E-state index in [9.17, 15) is 14.4 Å². The van der Waals surface area contributed by atoms with Crippen LogP contribution in [0, 0.1) is 0 Å². The first-order valence-electron chi connectivity index (χ1n) is 7.58. The first-order valence-corrected chi connectivity index (χ1v) is 9.22. The molecule has 2 aromatic rings. The summed E-state index contributed by atoms with van der Waals surface area (Å²) in [6.45, 7) is 5.80. The number of aromatic nitrogens is 1. The summed E-state index contributed by atoms with van der Waals surface area (Å²) >= 11 is 12.8. The number of halogens is 2. The maximum atomic E-state index is 12.3. The molecule has 0 radical (unpaired) electrons. The molecule has 0 spiro atoms. The molecule has 0 saturated carbocycles. The molecule has 0 aromatic carbocycles. The van der Waals surface area contributed by atoms with Crippen molar-refractivity contribution in [2.24, 2.45) is 0 Å². The van der Waals surface area contributed by atoms with Crippen molar-refractivity contribution in [1.29, 1.82) is 0 Å². The maximum absolute atomic E-state index is 12.3. The molecule has 138 valence electrons. The summed E-state index contributed by atoms with van der Waals surface area (Å²) in [5, 5.41) is 7.76. The van der Waals surface area contributed by atoms with Gasteiger partial charge in [0.05, 0.1) is 26.3 Å². The highest BCUT2D eigenvalue weighted by molar-refractivity contribution is 7.12. The number of anilines is 1. The van der Waals surface area contributed by atoms with E-state index in [4.69, 9.17) is 23.2 Å². The van der Waals surface area contributed by atoms with Crippen molar-refractivity contribution in [3.05, 3.63) is 44.3 Å². The zero-order valence-corrected chi connectivity index (χ0v) is 16.6. The molecule has 2 N–H and O–H groups in total. The minimum Gasteiger partial charge on any atom is -0.354 e. The van der Waals surface area contributed by atoms with Crippen LogP contribution in [0.3, 0.4) is 0 Å². The Morgan fingerprint density at radius 1 is 1.31 bits per heavy atom. The number of nitrogens with zero attached hydrogens (tertiary/aromatic N) is 1. The molecular weight excluding hydrogens is 397 g/mol. The molecule has 2 aromatic heterocycles. The monoisotopic (exact) mass is 413 g/mol. The van der Waals surface area contributed by atoms with Crippen LogP contribution in [0.4, 0.5) is 5.69 Å². The van der Waals surface area contributed by atoms with Gasteiger partial charge in [-0.25, -0.2) is 0 Å². The summed E-state index contributed by atoms with van der Waals surface area (Å²) in [5.74, 6) is -1.62. The topological polar surface area (TPSA) is 88.2 Å². The number of nitrogens with one attached hydrogen (secondary N) is 2. The predicted octanol–water partition coefficient (Wildman–Crippen LogP) is 3.90. The number of carbonyl (C=O) groups is 3. The zero-order chi connectivity index (χ0) is 19.5. The Hall–Kier alpha value is -1.96. The Bertz CT molecular complexity index is 846. The van der Waals surface area contributed by atoms with Gasteiger partial charge in [-0.05, 0) is 32.9 Å². The Kier molecular flexibility index (Phi) is 6.39. The van der Waals surface area contributed by atoms with Crippen molar-refractivity contribution >= 4 is 58.3 Å². The smallest absolute Gasteiger partial charge is 0.241 e. The van der Waals surface area contributed by atoms with Crippen molar-refractivity contribution in [2.75, 3.05) is 5.32 Å². The van der Waals surface area contributed by atoms with Crippen LogP contribution in [0.5, 0.6) is 0 Å². The Balaban J connectivity index is 0.000000298. The number of carbonyl (C=O) groups excluding carboxylic acids is 3. The van der Waals surface area contributed by atoms with Crippen molar-refractivity contribution < 1.29 is 14.4 Å². The van der Waals surface area contributed by atoms with Gasteiger partial charge in [-0.3, -0.25) is 19.4 Å². The molecule has 3 heterocycles. The van der Waals surface area contributed by atoms with E-state index in [0.29, 0.717) is 32.7 Å². The van der Waals surface area contributed by atoms with Gasteiger partial charge in [-0.1, -0.05) is 23.2 Å². The van der Waals surface area contributed by atoms with Crippen LogP contribution in [0.25, 0.3) is 0 Å². The molecule has 6 nitrogen and oxygen atoms in total. The Labute approximate surface area is 164 Å². The van der Waals surface area contributed by atoms with Crippen LogP contribution in [0.2, 0.25) is 10.0 Å². The molecule has 1 unspecified atom stereocenters. The van der Waals surface area contributed by atoms with Gasteiger partial charge < -0.3 is 10.6 Å². The summed E-state index contributed by atoms with van der Waals surface area (Å²) in [4.78, 5) is 38.5. The Morgan fingerprint density at radius 3 is 2.50 bits per heavy atom. The lowest BCUT2D eigenvalue weighted by Crippen LogP contribution is -2.34. The summed E-state index contributed by atoms with van der Waals surface area (Å²) < 4.78 is 0. The van der Waals surface area contributed by atoms with Crippen LogP contribution in [-0.4, -0.2) is 28.6 Å². The second-order valence-corrected chi connectivity index (χ2v) is 8.30. The fourth-order valence-corrected chi connectivity index (χ4v) is 3.32. The summed E-state index contributed by atoms with van der Waals surface area (Å²) in [7, 11) is 0. The van der Waals surface area contributed by atoms with Gasteiger partial charge in [0.25, 0.3) is 0 Å². The molecule has 2 amide bonds. The van der Waals surface area contributed by atoms with Crippen molar-refractivity contribution in [2.45, 2.75) is 32.2 Å². The minimum absolute atomic E-state index is 0.0677. The lowest BCUT2D eigenvalue weighted by molar-refractivity contribution is -0.116. The van der Waals surface area contributed by atoms with E-state index in [2.05, 4.69) is 15.6 Å². The first-order chi connectivity index (χ1) is 12.1. The van der Waals surface area contributed by atoms with Crippen molar-refractivity contribution in [3.63, 3.8) is 0 Å². The lowest BCUT2D eigenvalue weighted by Gasteiger charge is -2.15. The number of hydrogen-bond acceptors (Lipinski definition) is 5. The second kappa shape index (κ2) is 8.16. The Morgan fingerprint density at radius 2 is 2.00 bits per heavy atom. The third-order valence-corrected chi connectivity index (χ3v) is 4.74. The first kappa shape index (κ1) is 20.4. The highest BCUT2D eigenvalue weighted by Crippen LogP contribution is 2.35. The number of ketones is 1. The number of thiophene rings is 1. The summed E-state index contributed by atoms with van der Waals surface area (Å²) in [5.41, 5.74) is 0.823. The van der Waals surface area contributed by atoms with E-state index in [1.165, 1.54) is 17.5 Å². The molecular formula is C17H17Cl2N3O3S. The van der Waals surface area contributed by atoms with Crippen LogP contribution < -0.4 is 10.6 Å². The molecule has 1 aliphatic rings. The molecule has 9 heteroatoms. The SMILES string of the molecule is CC(C)(C)NC=O.O=C1Nc2cc(Cl)cnc2C1C(=O)c1cc(Cl)cs1. The fourth-order valence-electron chi connectivity index (χ4n) is 2.11. The average Bonchev–Trinajstić information content (AvgIpc) is 3.08. The highest BCUT2D eigenvalue weighted by Gasteiger charge is 2.38. The van der Waals surface area contributed by atoms with Gasteiger partial charge in [0.1, 0.15) is 5.92 Å². The number of pyridine rings is 1. The molecule has 1 atom stereocenters. The number of fused-ring (bicyclic) bond motifs is 1. The molecule has 26 heavy (non-hydrogen) atoms. The predicted molar refractivity (Wildman–Crippen MR) is 103 cm³/mol. The van der Waals surface area contributed by atoms with Gasteiger partial charge in [-0.15, -0.1) is 11.3 Å². The van der Waals surface area contributed by atoms with E-state index in [-0.39, 0.29) is 17.2 Å². The number of hydrogen-bond donors (Lipinski definition) is 2. The average molecular weight is 414 g/mol. The van der Waals surface area contributed by atoms with Crippen LogP contribution in [0.1, 0.15) is 42.1 Å². The fraction of sp³-hybridized carbons (Fsp3) is 0.294. The molecule has 0 saturated heterocycles. The minimum atomic E-state index is -0.929. The lowest BCUT2D eigenvalue weighted by atomic mass is 10.00. The molecule has 0 fully saturated rings. The zero-order valence-electron chi connectivity index (χ0n) is 14.3. The molecule has 3 rings (SSSR count). The molecule has 0 bridgehead atoms. The molecule has 1 aliphatic heterocycles. The van der Waals surface area contributed by atoms with Gasteiger partial charge in [0.15, 0.2) is 5.78 Å².